The lowest BCUT2D eigenvalue weighted by Crippen LogP contribution is -2.54. The topological polar surface area (TPSA) is 158 Å². The highest BCUT2D eigenvalue weighted by molar-refractivity contribution is 6.22. The number of nitrogens with zero attached hydrogens (tertiary/aromatic N) is 7. The summed E-state index contributed by atoms with van der Waals surface area (Å²) in [5.74, 6) is 0.862. The van der Waals surface area contributed by atoms with Gasteiger partial charge in [-0.1, -0.05) is 37.7 Å². The Morgan fingerprint density at radius 2 is 1.64 bits per heavy atom. The van der Waals surface area contributed by atoms with Crippen molar-refractivity contribution in [3.05, 3.63) is 59.4 Å². The highest BCUT2D eigenvalue weighted by Crippen LogP contribution is 2.44. The number of hydrogen-bond acceptors (Lipinski definition) is 10. The maximum absolute atomic E-state index is 13.2. The monoisotopic (exact) mass is 858 g/mol. The normalized spacial score (nSPS) is 24.1. The Bertz CT molecular complexity index is 1870. The maximum atomic E-state index is 13.2. The number of allylic oxidation sites excluding steroid dienone is 3. The fourth-order valence-electron chi connectivity index (χ4n) is 8.85. The molecule has 6 amide bonds. The van der Waals surface area contributed by atoms with Crippen LogP contribution in [0.2, 0.25) is 0 Å². The van der Waals surface area contributed by atoms with Crippen LogP contribution in [0.25, 0.3) is 0 Å². The van der Waals surface area contributed by atoms with Gasteiger partial charge in [-0.3, -0.25) is 48.8 Å². The number of hydrogen-bond donors (Lipinski definition) is 1. The Balaban J connectivity index is 0.000000941. The molecule has 330 valence electrons. The molecule has 6 aliphatic rings. The minimum atomic E-state index is -0.998. The zero-order valence-electron chi connectivity index (χ0n) is 36.4. The van der Waals surface area contributed by atoms with E-state index in [1.54, 1.807) is 17.9 Å². The number of imide groups is 2. The summed E-state index contributed by atoms with van der Waals surface area (Å²) in [5.41, 5.74) is 2.95. The van der Waals surface area contributed by atoms with Gasteiger partial charge in [0.2, 0.25) is 23.6 Å². The summed E-state index contributed by atoms with van der Waals surface area (Å²) >= 11 is 5.95. The Hall–Kier alpha value is -5.02. The molecule has 6 aliphatic heterocycles. The molecule has 1 spiro atoms. The smallest absolute Gasteiger partial charge is 0.261 e. The van der Waals surface area contributed by atoms with E-state index in [0.717, 1.165) is 75.7 Å². The molecule has 15 heteroatoms. The zero-order valence-corrected chi connectivity index (χ0v) is 37.2. The first-order valence-corrected chi connectivity index (χ1v) is 21.9. The average molecular weight is 860 g/mol. The predicted octanol–water partition coefficient (Wildman–Crippen LogP) is 3.77. The van der Waals surface area contributed by atoms with Crippen LogP contribution in [0.15, 0.2) is 59.4 Å². The van der Waals surface area contributed by atoms with Gasteiger partial charge in [0, 0.05) is 113 Å². The van der Waals surface area contributed by atoms with Gasteiger partial charge in [-0.2, -0.15) is 5.26 Å². The van der Waals surface area contributed by atoms with Crippen molar-refractivity contribution in [3.8, 4) is 18.4 Å². The van der Waals surface area contributed by atoms with Crippen molar-refractivity contribution in [3.63, 3.8) is 0 Å². The largest absolute Gasteiger partial charge is 0.372 e. The second-order valence-electron chi connectivity index (χ2n) is 16.6. The molecule has 0 aromatic rings. The number of likely N-dealkylation sites (tertiary alicyclic amines) is 3. The van der Waals surface area contributed by atoms with Crippen LogP contribution in [0.5, 0.6) is 0 Å². The fraction of sp³-hybridized carbons (Fsp3) is 0.587. The molecule has 1 N–H and O–H groups in total. The van der Waals surface area contributed by atoms with E-state index >= 15 is 0 Å². The lowest BCUT2D eigenvalue weighted by atomic mass is 9.76. The first-order chi connectivity index (χ1) is 29.2. The van der Waals surface area contributed by atoms with E-state index in [0.29, 0.717) is 50.8 Å². The van der Waals surface area contributed by atoms with E-state index in [1.165, 1.54) is 18.2 Å². The molecule has 5 saturated heterocycles. The van der Waals surface area contributed by atoms with E-state index in [1.807, 2.05) is 24.0 Å². The van der Waals surface area contributed by atoms with Gasteiger partial charge in [0.15, 0.2) is 0 Å². The zero-order chi connectivity index (χ0) is 44.7. The molecule has 1 unspecified atom stereocenters. The number of rotatable bonds is 10. The van der Waals surface area contributed by atoms with Crippen LogP contribution in [0.1, 0.15) is 79.1 Å². The summed E-state index contributed by atoms with van der Waals surface area (Å²) in [6, 6.07) is 1.43. The van der Waals surface area contributed by atoms with Gasteiger partial charge in [0.25, 0.3) is 11.8 Å². The van der Waals surface area contributed by atoms with Crippen LogP contribution in [-0.2, 0) is 28.8 Å². The first kappa shape index (κ1) is 48.6. The van der Waals surface area contributed by atoms with Crippen molar-refractivity contribution in [1.82, 2.24) is 34.7 Å². The standard InChI is InChI=1S/C39H54ClN7O6.C4H4.C3H5N/c1-27(9-13-40)46-26-39(23-28(46)2)11-16-44(17-12-39)34(49)6-4-5-14-42-18-20-43(21-19-42)25-35(50)45-15-10-30(24-45)22-31-29(3)37(52)47(38(31)53)32-7-8-33(48)41-36(32)51;1-3-4-2;1-2-3-4/h4-5,9,22,28,32H,6-8,10-21,23-26H2,1-3H3,(H,41,48,51);1,4H,2H2;2H2,1H3/b5-4-,27-9+,30-22+;;/t28-,32?;;/m0../s1. The summed E-state index contributed by atoms with van der Waals surface area (Å²) in [7, 11) is 0. The lowest BCUT2D eigenvalue weighted by molar-refractivity contribution is -0.150. The molecule has 2 atom stereocenters. The molecule has 6 heterocycles. The Morgan fingerprint density at radius 3 is 2.25 bits per heavy atom. The first-order valence-electron chi connectivity index (χ1n) is 21.4. The molecule has 0 aliphatic carbocycles. The molecule has 6 rings (SSSR count). The Morgan fingerprint density at radius 1 is 0.984 bits per heavy atom. The van der Waals surface area contributed by atoms with Crippen molar-refractivity contribution in [1.29, 1.82) is 5.26 Å². The predicted molar refractivity (Wildman–Crippen MR) is 235 cm³/mol. The molecule has 0 aromatic heterocycles. The number of halogens is 1. The van der Waals surface area contributed by atoms with Crippen molar-refractivity contribution < 1.29 is 28.8 Å². The Kier molecular flexibility index (Phi) is 18.6. The van der Waals surface area contributed by atoms with E-state index < -0.39 is 29.7 Å². The maximum Gasteiger partial charge on any atom is 0.261 e. The van der Waals surface area contributed by atoms with Crippen molar-refractivity contribution in [2.24, 2.45) is 5.41 Å². The summed E-state index contributed by atoms with van der Waals surface area (Å²) in [6.07, 6.45) is 19.0. The number of carbonyl (C=O) groups excluding carboxylic acids is 6. The molecule has 0 aromatic carbocycles. The van der Waals surface area contributed by atoms with E-state index in [-0.39, 0.29) is 41.2 Å². The Labute approximate surface area is 366 Å². The van der Waals surface area contributed by atoms with E-state index in [2.05, 4.69) is 64.9 Å². The van der Waals surface area contributed by atoms with Gasteiger partial charge < -0.3 is 14.7 Å². The molecule has 14 nitrogen and oxygen atoms in total. The van der Waals surface area contributed by atoms with Gasteiger partial charge in [-0.05, 0) is 76.0 Å². The van der Waals surface area contributed by atoms with E-state index in [4.69, 9.17) is 16.9 Å². The van der Waals surface area contributed by atoms with Crippen LogP contribution in [0, 0.1) is 29.1 Å². The highest BCUT2D eigenvalue weighted by atomic mass is 35.5. The number of terminal acetylenes is 1. The minimum Gasteiger partial charge on any atom is -0.372 e. The third-order valence-corrected chi connectivity index (χ3v) is 12.6. The van der Waals surface area contributed by atoms with Crippen LogP contribution in [0.3, 0.4) is 0 Å². The quantitative estimate of drug-likeness (QED) is 0.149. The third-order valence-electron chi connectivity index (χ3n) is 12.4. The fourth-order valence-corrected chi connectivity index (χ4v) is 9.07. The molecule has 0 radical (unpaired) electrons. The molecule has 61 heavy (non-hydrogen) atoms. The van der Waals surface area contributed by atoms with Crippen LogP contribution < -0.4 is 5.32 Å². The average Bonchev–Trinajstić information content (AvgIpc) is 3.92. The van der Waals surface area contributed by atoms with E-state index in [9.17, 15) is 28.8 Å². The number of piperidine rings is 2. The number of carbonyl (C=O) groups is 6. The van der Waals surface area contributed by atoms with Crippen molar-refractivity contribution >= 4 is 47.0 Å². The van der Waals surface area contributed by atoms with Gasteiger partial charge in [0.1, 0.15) is 6.04 Å². The number of alkyl halides is 1. The molecule has 0 bridgehead atoms. The second-order valence-corrected chi connectivity index (χ2v) is 16.9. The SMILES string of the molecule is C#CC=C.CC1=C(/C=C2\CCN(C(=O)CN3CCN(C/C=C\CC(=O)N4CCC5(CC4)C[C@H](C)N(/C(C)=C/CCl)C5)CC3)C2)C(=O)N(C2CCC(=O)NC2=O)C1=O.CCC#N. The van der Waals surface area contributed by atoms with Crippen LogP contribution in [-0.4, -0.2) is 155 Å². The van der Waals surface area contributed by atoms with Crippen molar-refractivity contribution in [2.45, 2.75) is 91.1 Å². The molecular weight excluding hydrogens is 796 g/mol. The van der Waals surface area contributed by atoms with Crippen LogP contribution >= 0.6 is 11.6 Å². The van der Waals surface area contributed by atoms with Gasteiger partial charge in [0.05, 0.1) is 12.6 Å². The minimum absolute atomic E-state index is 0.0339. The second kappa shape index (κ2) is 23.3. The number of nitriles is 1. The molecule has 0 saturated carbocycles. The summed E-state index contributed by atoms with van der Waals surface area (Å²) < 4.78 is 0. The summed E-state index contributed by atoms with van der Waals surface area (Å²) in [5, 5.41) is 9.84. The molecule has 5 fully saturated rings. The summed E-state index contributed by atoms with van der Waals surface area (Å²) in [4.78, 5) is 88.1. The van der Waals surface area contributed by atoms with Gasteiger partial charge in [-0.15, -0.1) is 18.0 Å². The van der Waals surface area contributed by atoms with Gasteiger partial charge >= 0.3 is 0 Å². The van der Waals surface area contributed by atoms with Crippen LogP contribution in [0.4, 0.5) is 0 Å². The third kappa shape index (κ3) is 13.0. The van der Waals surface area contributed by atoms with Crippen molar-refractivity contribution in [2.75, 3.05) is 77.9 Å². The highest BCUT2D eigenvalue weighted by Gasteiger charge is 2.46. The summed E-state index contributed by atoms with van der Waals surface area (Å²) in [6.45, 7) is 19.0. The lowest BCUT2D eigenvalue weighted by Gasteiger charge is -2.39. The number of nitrogens with one attached hydrogen (secondary N) is 1. The molecular formula is C46H63ClN8O6. The number of piperazine rings is 1. The number of amides is 6. The van der Waals surface area contributed by atoms with Gasteiger partial charge in [-0.25, -0.2) is 0 Å².